The van der Waals surface area contributed by atoms with E-state index in [0.717, 1.165) is 25.7 Å². The number of alkyl halides is 5. The Hall–Kier alpha value is -4.25. The van der Waals surface area contributed by atoms with Crippen molar-refractivity contribution in [3.8, 4) is 0 Å². The first kappa shape index (κ1) is 32.2. The summed E-state index contributed by atoms with van der Waals surface area (Å²) < 4.78 is 66.0. The normalized spacial score (nSPS) is 17.2. The number of nitrogens with one attached hydrogen (secondary N) is 5. The number of halogens is 6. The fourth-order valence-electron chi connectivity index (χ4n) is 5.19. The van der Waals surface area contributed by atoms with Crippen LogP contribution in [0.2, 0.25) is 5.02 Å². The average molecular weight is 658 g/mol. The number of imidazole rings is 1. The predicted octanol–water partition coefficient (Wildman–Crippen LogP) is 3.29. The Kier molecular flexibility index (Phi) is 9.57. The van der Waals surface area contributed by atoms with Gasteiger partial charge in [-0.3, -0.25) is 14.7 Å². The van der Waals surface area contributed by atoms with E-state index >= 15 is 0 Å². The predicted molar refractivity (Wildman–Crippen MR) is 151 cm³/mol. The SMILES string of the molecule is O=C(Nc1ccc(C(=O)N2CCN(C(=O)N[C@H]3CCNC3)CC2)c(Cl)c1)c1ncc(Cc2c(C(F)(F)F)n[nH]c2CC(F)F)[nH]1. The van der Waals surface area contributed by atoms with Gasteiger partial charge in [0.15, 0.2) is 11.5 Å². The van der Waals surface area contributed by atoms with Gasteiger partial charge in [0, 0.05) is 74.0 Å². The van der Waals surface area contributed by atoms with E-state index in [4.69, 9.17) is 11.6 Å². The van der Waals surface area contributed by atoms with Gasteiger partial charge in [-0.25, -0.2) is 18.6 Å². The number of urea groups is 1. The summed E-state index contributed by atoms with van der Waals surface area (Å²) >= 11 is 6.38. The monoisotopic (exact) mass is 657 g/mol. The summed E-state index contributed by atoms with van der Waals surface area (Å²) in [7, 11) is 0. The fourth-order valence-corrected chi connectivity index (χ4v) is 5.45. The molecule has 2 aromatic heterocycles. The van der Waals surface area contributed by atoms with Crippen molar-refractivity contribution in [3.63, 3.8) is 0 Å². The Morgan fingerprint density at radius 1 is 1.11 bits per heavy atom. The highest BCUT2D eigenvalue weighted by Crippen LogP contribution is 2.33. The van der Waals surface area contributed by atoms with E-state index in [1.807, 2.05) is 5.10 Å². The first-order valence-electron chi connectivity index (χ1n) is 14.0. The number of hydrogen-bond donors (Lipinski definition) is 5. The van der Waals surface area contributed by atoms with Gasteiger partial charge in [0.2, 0.25) is 6.43 Å². The molecule has 2 aliphatic rings. The van der Waals surface area contributed by atoms with Crippen molar-refractivity contribution in [1.29, 1.82) is 0 Å². The third kappa shape index (κ3) is 7.70. The van der Waals surface area contributed by atoms with Crippen LogP contribution in [0.3, 0.4) is 0 Å². The molecule has 1 aromatic carbocycles. The van der Waals surface area contributed by atoms with Crippen LogP contribution in [0.25, 0.3) is 0 Å². The van der Waals surface area contributed by atoms with E-state index in [9.17, 15) is 36.3 Å². The maximum Gasteiger partial charge on any atom is 0.435 e. The molecule has 2 aliphatic heterocycles. The summed E-state index contributed by atoms with van der Waals surface area (Å²) in [4.78, 5) is 48.2. The molecule has 0 aliphatic carbocycles. The van der Waals surface area contributed by atoms with Gasteiger partial charge < -0.3 is 30.7 Å². The van der Waals surface area contributed by atoms with Crippen molar-refractivity contribution in [2.75, 3.05) is 44.6 Å². The first-order chi connectivity index (χ1) is 21.4. The lowest BCUT2D eigenvalue weighted by Gasteiger charge is -2.35. The number of benzene rings is 1. The molecule has 4 heterocycles. The summed E-state index contributed by atoms with van der Waals surface area (Å²) in [5.41, 5.74) is -1.69. The second kappa shape index (κ2) is 13.4. The van der Waals surface area contributed by atoms with Gasteiger partial charge in [-0.05, 0) is 31.2 Å². The number of hydrogen-bond acceptors (Lipinski definition) is 6. The van der Waals surface area contributed by atoms with Crippen LogP contribution in [-0.4, -0.2) is 99.5 Å². The standard InChI is InChI=1S/C27H29ClF5N9O3/c28-19-10-14(1-2-17(19)25(44)41-5-7-42(8-6-41)26(45)38-15-3-4-34-12-15)37-24(43)23-35-13-16(36-23)9-18-20(11-21(29)30)39-40-22(18)27(31,32)33/h1-2,10,13,15,21,34H,3-9,11-12H2,(H,35,36)(H,37,43)(H,38,45)(H,39,40)/t15-/m0/s1. The minimum Gasteiger partial charge on any atom is -0.337 e. The molecule has 0 saturated carbocycles. The zero-order chi connectivity index (χ0) is 32.3. The van der Waals surface area contributed by atoms with Crippen molar-refractivity contribution < 1.29 is 36.3 Å². The van der Waals surface area contributed by atoms with Gasteiger partial charge in [-0.1, -0.05) is 11.6 Å². The number of amides is 4. The molecule has 0 bridgehead atoms. The molecule has 5 rings (SSSR count). The molecule has 0 spiro atoms. The fraction of sp³-hybridized carbons (Fsp3) is 0.444. The number of aromatic amines is 2. The van der Waals surface area contributed by atoms with Crippen molar-refractivity contribution in [3.05, 3.63) is 63.5 Å². The molecule has 18 heteroatoms. The van der Waals surface area contributed by atoms with Crippen molar-refractivity contribution in [2.24, 2.45) is 0 Å². The van der Waals surface area contributed by atoms with Crippen molar-refractivity contribution >= 4 is 35.1 Å². The molecule has 2 saturated heterocycles. The van der Waals surface area contributed by atoms with Gasteiger partial charge >= 0.3 is 12.2 Å². The van der Waals surface area contributed by atoms with Crippen molar-refractivity contribution in [1.82, 2.24) is 40.6 Å². The summed E-state index contributed by atoms with van der Waals surface area (Å²) in [6.45, 7) is 2.94. The second-order valence-corrected chi connectivity index (χ2v) is 11.0. The van der Waals surface area contributed by atoms with Crippen LogP contribution < -0.4 is 16.0 Å². The summed E-state index contributed by atoms with van der Waals surface area (Å²) in [6.07, 6.45) is -7.22. The van der Waals surface area contributed by atoms with Gasteiger partial charge in [0.1, 0.15) is 0 Å². The van der Waals surface area contributed by atoms with Crippen LogP contribution >= 0.6 is 11.6 Å². The smallest absolute Gasteiger partial charge is 0.337 e. The summed E-state index contributed by atoms with van der Waals surface area (Å²) in [6, 6.07) is 4.20. The largest absolute Gasteiger partial charge is 0.435 e. The van der Waals surface area contributed by atoms with Crippen LogP contribution in [0, 0.1) is 0 Å². The van der Waals surface area contributed by atoms with E-state index in [1.54, 1.807) is 9.80 Å². The minimum atomic E-state index is -4.88. The average Bonchev–Trinajstić information content (AvgIpc) is 3.75. The lowest BCUT2D eigenvalue weighted by molar-refractivity contribution is -0.141. The van der Waals surface area contributed by atoms with E-state index < -0.39 is 42.6 Å². The second-order valence-electron chi connectivity index (χ2n) is 10.6. The summed E-state index contributed by atoms with van der Waals surface area (Å²) in [5.74, 6) is -1.34. The Bertz CT molecular complexity index is 1550. The lowest BCUT2D eigenvalue weighted by Crippen LogP contribution is -2.54. The molecule has 242 valence electrons. The molecular formula is C27H29ClF5N9O3. The Morgan fingerprint density at radius 3 is 2.49 bits per heavy atom. The topological polar surface area (TPSA) is 151 Å². The van der Waals surface area contributed by atoms with Crippen LogP contribution in [0.5, 0.6) is 0 Å². The molecule has 2 fully saturated rings. The van der Waals surface area contributed by atoms with Crippen molar-refractivity contribution in [2.45, 2.75) is 37.9 Å². The number of anilines is 1. The number of carbonyl (C=O) groups excluding carboxylic acids is 3. The van der Waals surface area contributed by atoms with E-state index in [-0.39, 0.29) is 51.5 Å². The quantitative estimate of drug-likeness (QED) is 0.235. The minimum absolute atomic E-state index is 0.0645. The molecular weight excluding hydrogens is 629 g/mol. The molecule has 4 amide bonds. The zero-order valence-corrected chi connectivity index (χ0v) is 24.4. The number of carbonyl (C=O) groups is 3. The number of aromatic nitrogens is 4. The number of piperazine rings is 1. The third-order valence-corrected chi connectivity index (χ3v) is 7.80. The number of rotatable bonds is 8. The molecule has 3 aromatic rings. The summed E-state index contributed by atoms with van der Waals surface area (Å²) in [5, 5.41) is 14.0. The molecule has 0 unspecified atom stereocenters. The highest BCUT2D eigenvalue weighted by molar-refractivity contribution is 6.34. The molecule has 12 nitrogen and oxygen atoms in total. The maximum absolute atomic E-state index is 13.4. The highest BCUT2D eigenvalue weighted by atomic mass is 35.5. The molecule has 45 heavy (non-hydrogen) atoms. The molecule has 1 atom stereocenters. The van der Waals surface area contributed by atoms with Gasteiger partial charge in [-0.15, -0.1) is 0 Å². The van der Waals surface area contributed by atoms with E-state index in [2.05, 4.69) is 31.0 Å². The molecule has 5 N–H and O–H groups in total. The lowest BCUT2D eigenvalue weighted by atomic mass is 10.1. The highest BCUT2D eigenvalue weighted by Gasteiger charge is 2.38. The van der Waals surface area contributed by atoms with Gasteiger partial charge in [0.25, 0.3) is 11.8 Å². The van der Waals surface area contributed by atoms with Crippen LogP contribution in [0.4, 0.5) is 32.4 Å². The number of H-pyrrole nitrogens is 2. The van der Waals surface area contributed by atoms with Crippen LogP contribution in [0.1, 0.15) is 50.0 Å². The third-order valence-electron chi connectivity index (χ3n) is 7.49. The van der Waals surface area contributed by atoms with Crippen LogP contribution in [-0.2, 0) is 19.0 Å². The first-order valence-corrected chi connectivity index (χ1v) is 14.4. The number of nitrogens with zero attached hydrogens (tertiary/aromatic N) is 4. The van der Waals surface area contributed by atoms with Crippen LogP contribution in [0.15, 0.2) is 24.4 Å². The maximum atomic E-state index is 13.4. The Labute approximate surface area is 258 Å². The molecule has 0 radical (unpaired) electrons. The van der Waals surface area contributed by atoms with Gasteiger partial charge in [-0.2, -0.15) is 18.3 Å². The van der Waals surface area contributed by atoms with E-state index in [0.29, 0.717) is 26.2 Å². The zero-order valence-electron chi connectivity index (χ0n) is 23.6. The Balaban J connectivity index is 1.18. The Morgan fingerprint density at radius 2 is 1.84 bits per heavy atom. The van der Waals surface area contributed by atoms with Gasteiger partial charge in [0.05, 0.1) is 17.0 Å². The van der Waals surface area contributed by atoms with E-state index in [1.165, 1.54) is 18.2 Å².